The lowest BCUT2D eigenvalue weighted by Crippen LogP contribution is -2.46. The van der Waals surface area contributed by atoms with Crippen molar-refractivity contribution in [1.29, 1.82) is 0 Å². The van der Waals surface area contributed by atoms with Gasteiger partial charge in [-0.15, -0.1) is 11.8 Å². The number of amides is 1. The number of hydrogen-bond donors (Lipinski definition) is 3. The van der Waals surface area contributed by atoms with Gasteiger partial charge in [-0.3, -0.25) is 15.1 Å². The number of rotatable bonds is 5. The molecule has 1 aliphatic rings. The molecule has 2 heterocycles. The van der Waals surface area contributed by atoms with E-state index in [9.17, 15) is 4.79 Å². The number of thioether (sulfide) groups is 1. The first-order valence-corrected chi connectivity index (χ1v) is 6.92. The first kappa shape index (κ1) is 13.3. The SMILES string of the molecule is CNCCC1(c2cccnc2)NC(C(N)=O)CS1. The molecule has 2 rings (SSSR count). The van der Waals surface area contributed by atoms with Crippen LogP contribution in [-0.2, 0) is 9.67 Å². The molecule has 0 radical (unpaired) electrons. The number of carbonyl (C=O) groups excluding carboxylic acids is 1. The number of pyridine rings is 1. The molecular formula is C12H18N4OS. The van der Waals surface area contributed by atoms with Crippen molar-refractivity contribution in [3.05, 3.63) is 30.1 Å². The van der Waals surface area contributed by atoms with Gasteiger partial charge in [-0.05, 0) is 26.1 Å². The van der Waals surface area contributed by atoms with Gasteiger partial charge >= 0.3 is 0 Å². The summed E-state index contributed by atoms with van der Waals surface area (Å²) in [6.07, 6.45) is 4.48. The average molecular weight is 266 g/mol. The zero-order chi connectivity index (χ0) is 13.0. The molecule has 0 spiro atoms. The second-order valence-corrected chi connectivity index (χ2v) is 5.65. The van der Waals surface area contributed by atoms with E-state index in [-0.39, 0.29) is 16.8 Å². The van der Waals surface area contributed by atoms with Gasteiger partial charge in [0.1, 0.15) is 0 Å². The fraction of sp³-hybridized carbons (Fsp3) is 0.500. The molecule has 0 saturated carbocycles. The third-order valence-electron chi connectivity index (χ3n) is 3.10. The van der Waals surface area contributed by atoms with Crippen LogP contribution in [0.5, 0.6) is 0 Å². The largest absolute Gasteiger partial charge is 0.368 e. The summed E-state index contributed by atoms with van der Waals surface area (Å²) < 4.78 is 0. The highest BCUT2D eigenvalue weighted by molar-refractivity contribution is 8.00. The summed E-state index contributed by atoms with van der Waals surface area (Å²) in [4.78, 5) is 15.2. The van der Waals surface area contributed by atoms with Crippen LogP contribution < -0.4 is 16.4 Å². The predicted octanol–water partition coefficient (Wildman–Crippen LogP) is 0.0342. The molecule has 1 fully saturated rings. The van der Waals surface area contributed by atoms with Crippen molar-refractivity contribution in [2.75, 3.05) is 19.3 Å². The minimum atomic E-state index is -0.294. The Morgan fingerprint density at radius 2 is 2.61 bits per heavy atom. The minimum Gasteiger partial charge on any atom is -0.368 e. The van der Waals surface area contributed by atoms with Gasteiger partial charge in [0.2, 0.25) is 5.91 Å². The quantitative estimate of drug-likeness (QED) is 0.701. The molecule has 18 heavy (non-hydrogen) atoms. The summed E-state index contributed by atoms with van der Waals surface area (Å²) >= 11 is 1.73. The lowest BCUT2D eigenvalue weighted by atomic mass is 10.0. The number of nitrogens with zero attached hydrogens (tertiary/aromatic N) is 1. The summed E-state index contributed by atoms with van der Waals surface area (Å²) in [5.74, 6) is 0.409. The Morgan fingerprint density at radius 3 is 3.17 bits per heavy atom. The van der Waals surface area contributed by atoms with Crippen LogP contribution in [0.25, 0.3) is 0 Å². The second-order valence-electron chi connectivity index (χ2n) is 4.33. The van der Waals surface area contributed by atoms with E-state index in [1.165, 1.54) is 0 Å². The van der Waals surface area contributed by atoms with Crippen LogP contribution in [0, 0.1) is 0 Å². The monoisotopic (exact) mass is 266 g/mol. The van der Waals surface area contributed by atoms with Crippen LogP contribution in [0.4, 0.5) is 0 Å². The number of hydrogen-bond acceptors (Lipinski definition) is 5. The molecule has 2 unspecified atom stereocenters. The molecule has 0 bridgehead atoms. The molecule has 0 aromatic carbocycles. The van der Waals surface area contributed by atoms with Crippen molar-refractivity contribution < 1.29 is 4.79 Å². The average Bonchev–Trinajstić information content (AvgIpc) is 2.83. The van der Waals surface area contributed by atoms with Crippen molar-refractivity contribution in [2.45, 2.75) is 17.3 Å². The van der Waals surface area contributed by atoms with Crippen LogP contribution in [0.2, 0.25) is 0 Å². The molecule has 0 aliphatic carbocycles. The van der Waals surface area contributed by atoms with E-state index in [2.05, 4.69) is 15.6 Å². The Balaban J connectivity index is 2.23. The molecule has 98 valence electrons. The number of nitrogens with one attached hydrogen (secondary N) is 2. The molecule has 6 heteroatoms. The van der Waals surface area contributed by atoms with Gasteiger partial charge < -0.3 is 11.1 Å². The number of nitrogens with two attached hydrogens (primary N) is 1. The molecule has 2 atom stereocenters. The fourth-order valence-corrected chi connectivity index (χ4v) is 3.56. The summed E-state index contributed by atoms with van der Waals surface area (Å²) in [5.41, 5.74) is 6.47. The lowest BCUT2D eigenvalue weighted by molar-refractivity contribution is -0.119. The first-order chi connectivity index (χ1) is 8.68. The Kier molecular flexibility index (Phi) is 4.21. The van der Waals surface area contributed by atoms with Crippen molar-refractivity contribution in [2.24, 2.45) is 5.73 Å². The Hall–Kier alpha value is -1.11. The topological polar surface area (TPSA) is 80.0 Å². The molecule has 5 nitrogen and oxygen atoms in total. The molecule has 1 amide bonds. The van der Waals surface area contributed by atoms with Crippen molar-refractivity contribution in [3.63, 3.8) is 0 Å². The number of carbonyl (C=O) groups is 1. The summed E-state index contributed by atoms with van der Waals surface area (Å²) in [7, 11) is 1.92. The Labute approximate surface area is 111 Å². The molecule has 4 N–H and O–H groups in total. The summed E-state index contributed by atoms with van der Waals surface area (Å²) in [5, 5.41) is 6.51. The van der Waals surface area contributed by atoms with Crippen LogP contribution in [0.1, 0.15) is 12.0 Å². The summed E-state index contributed by atoms with van der Waals surface area (Å²) in [6.45, 7) is 0.861. The Bertz CT molecular complexity index is 414. The normalized spacial score (nSPS) is 27.3. The predicted molar refractivity (Wildman–Crippen MR) is 73.0 cm³/mol. The molecular weight excluding hydrogens is 248 g/mol. The third-order valence-corrected chi connectivity index (χ3v) is 4.65. The third kappa shape index (κ3) is 2.66. The first-order valence-electron chi connectivity index (χ1n) is 5.94. The second kappa shape index (κ2) is 5.69. The summed E-state index contributed by atoms with van der Waals surface area (Å²) in [6, 6.07) is 3.68. The van der Waals surface area contributed by atoms with Gasteiger partial charge in [0, 0.05) is 23.7 Å². The maximum absolute atomic E-state index is 11.3. The minimum absolute atomic E-state index is 0.267. The van der Waals surface area contributed by atoms with E-state index in [0.717, 1.165) is 18.5 Å². The van der Waals surface area contributed by atoms with Crippen LogP contribution >= 0.6 is 11.8 Å². The van der Waals surface area contributed by atoms with Gasteiger partial charge in [-0.25, -0.2) is 0 Å². The van der Waals surface area contributed by atoms with Crippen LogP contribution in [0.15, 0.2) is 24.5 Å². The molecule has 1 saturated heterocycles. The zero-order valence-electron chi connectivity index (χ0n) is 10.3. The Morgan fingerprint density at radius 1 is 1.78 bits per heavy atom. The smallest absolute Gasteiger partial charge is 0.235 e. The highest BCUT2D eigenvalue weighted by Gasteiger charge is 2.42. The van der Waals surface area contributed by atoms with E-state index in [1.807, 2.05) is 25.4 Å². The lowest BCUT2D eigenvalue weighted by Gasteiger charge is -2.29. The molecule has 1 aliphatic heterocycles. The number of primary amides is 1. The van der Waals surface area contributed by atoms with Gasteiger partial charge in [-0.2, -0.15) is 0 Å². The fourth-order valence-electron chi connectivity index (χ4n) is 2.10. The number of aromatic nitrogens is 1. The maximum atomic E-state index is 11.3. The van der Waals surface area contributed by atoms with E-state index in [1.54, 1.807) is 18.0 Å². The van der Waals surface area contributed by atoms with Crippen molar-refractivity contribution in [1.82, 2.24) is 15.6 Å². The van der Waals surface area contributed by atoms with Gasteiger partial charge in [0.25, 0.3) is 0 Å². The van der Waals surface area contributed by atoms with E-state index in [4.69, 9.17) is 5.73 Å². The van der Waals surface area contributed by atoms with Gasteiger partial charge in [0.05, 0.1) is 10.9 Å². The highest BCUT2D eigenvalue weighted by Crippen LogP contribution is 2.41. The molecule has 1 aromatic heterocycles. The van der Waals surface area contributed by atoms with E-state index in [0.29, 0.717) is 5.75 Å². The van der Waals surface area contributed by atoms with Gasteiger partial charge in [-0.1, -0.05) is 6.07 Å². The van der Waals surface area contributed by atoms with Crippen molar-refractivity contribution in [3.8, 4) is 0 Å². The van der Waals surface area contributed by atoms with Crippen LogP contribution in [-0.4, -0.2) is 36.3 Å². The maximum Gasteiger partial charge on any atom is 0.235 e. The highest BCUT2D eigenvalue weighted by atomic mass is 32.2. The standard InChI is InChI=1S/C12H18N4OS/c1-14-6-4-12(9-3-2-5-15-7-9)16-10(8-18-12)11(13)17/h2-3,5,7,10,14,16H,4,6,8H2,1H3,(H2,13,17). The van der Waals surface area contributed by atoms with E-state index < -0.39 is 0 Å². The van der Waals surface area contributed by atoms with Crippen molar-refractivity contribution >= 4 is 17.7 Å². The van der Waals surface area contributed by atoms with Crippen LogP contribution in [0.3, 0.4) is 0 Å². The van der Waals surface area contributed by atoms with Gasteiger partial charge in [0.15, 0.2) is 0 Å². The zero-order valence-corrected chi connectivity index (χ0v) is 11.2. The molecule has 1 aromatic rings. The van der Waals surface area contributed by atoms with E-state index >= 15 is 0 Å².